The Balaban J connectivity index is 2.12. The van der Waals surface area contributed by atoms with Gasteiger partial charge in [0.25, 0.3) is 0 Å². The first-order chi connectivity index (χ1) is 7.30. The Hall–Kier alpha value is -0.120. The van der Waals surface area contributed by atoms with Gasteiger partial charge in [0.1, 0.15) is 0 Å². The van der Waals surface area contributed by atoms with Gasteiger partial charge in [-0.1, -0.05) is 13.8 Å². The van der Waals surface area contributed by atoms with E-state index in [0.717, 1.165) is 32.0 Å². The average Bonchev–Trinajstić information content (AvgIpc) is 3.05. The zero-order valence-electron chi connectivity index (χ0n) is 10.2. The molecule has 3 nitrogen and oxygen atoms in total. The summed E-state index contributed by atoms with van der Waals surface area (Å²) in [6.45, 7) is 9.04. The normalized spacial score (nSPS) is 18.4. The van der Waals surface area contributed by atoms with Crippen LogP contribution in [-0.2, 0) is 0 Å². The summed E-state index contributed by atoms with van der Waals surface area (Å²) in [5.41, 5.74) is 0. The lowest BCUT2D eigenvalue weighted by Gasteiger charge is -2.23. The highest BCUT2D eigenvalue weighted by atomic mass is 16.3. The quantitative estimate of drug-likeness (QED) is 0.603. The molecule has 0 aromatic heterocycles. The molecule has 0 aromatic carbocycles. The van der Waals surface area contributed by atoms with Gasteiger partial charge in [0.15, 0.2) is 0 Å². The fourth-order valence-electron chi connectivity index (χ4n) is 1.93. The first kappa shape index (κ1) is 12.9. The molecule has 0 radical (unpaired) electrons. The molecule has 1 unspecified atom stereocenters. The largest absolute Gasteiger partial charge is 0.395 e. The Morgan fingerprint density at radius 1 is 1.40 bits per heavy atom. The molecule has 0 bridgehead atoms. The van der Waals surface area contributed by atoms with Gasteiger partial charge >= 0.3 is 0 Å². The number of nitrogens with zero attached hydrogens (tertiary/aromatic N) is 1. The highest BCUT2D eigenvalue weighted by Crippen LogP contribution is 2.29. The van der Waals surface area contributed by atoms with Crippen LogP contribution in [0.4, 0.5) is 0 Å². The van der Waals surface area contributed by atoms with Crippen molar-refractivity contribution in [2.24, 2.45) is 5.92 Å². The lowest BCUT2D eigenvalue weighted by Crippen LogP contribution is -2.37. The Morgan fingerprint density at radius 2 is 2.13 bits per heavy atom. The van der Waals surface area contributed by atoms with Crippen LogP contribution in [0.15, 0.2) is 0 Å². The summed E-state index contributed by atoms with van der Waals surface area (Å²) < 4.78 is 0. The van der Waals surface area contributed by atoms with Crippen molar-refractivity contribution in [2.45, 2.75) is 39.2 Å². The second-order valence-corrected chi connectivity index (χ2v) is 4.56. The average molecular weight is 214 g/mol. The number of nitrogens with one attached hydrogen (secondary N) is 1. The van der Waals surface area contributed by atoms with Crippen LogP contribution >= 0.6 is 0 Å². The van der Waals surface area contributed by atoms with Crippen LogP contribution in [0.5, 0.6) is 0 Å². The maximum absolute atomic E-state index is 9.16. The summed E-state index contributed by atoms with van der Waals surface area (Å²) in [6.07, 6.45) is 3.91. The van der Waals surface area contributed by atoms with E-state index in [9.17, 15) is 0 Å². The fourth-order valence-corrected chi connectivity index (χ4v) is 1.93. The first-order valence-electron chi connectivity index (χ1n) is 6.36. The summed E-state index contributed by atoms with van der Waals surface area (Å²) in [5, 5.41) is 12.5. The molecule has 0 heterocycles. The molecular weight excluding hydrogens is 188 g/mol. The molecule has 1 saturated carbocycles. The molecule has 0 aromatic rings. The van der Waals surface area contributed by atoms with Gasteiger partial charge in [-0.05, 0) is 44.8 Å². The van der Waals surface area contributed by atoms with Crippen molar-refractivity contribution in [3.63, 3.8) is 0 Å². The van der Waals surface area contributed by atoms with Crippen molar-refractivity contribution in [3.8, 4) is 0 Å². The third kappa shape index (κ3) is 5.50. The SMILES string of the molecule is CCNC(CO)CCN(CC)CC1CC1. The van der Waals surface area contributed by atoms with Crippen LogP contribution < -0.4 is 5.32 Å². The summed E-state index contributed by atoms with van der Waals surface area (Å²) in [6, 6.07) is 0.281. The van der Waals surface area contributed by atoms with Crippen LogP contribution in [0.25, 0.3) is 0 Å². The van der Waals surface area contributed by atoms with E-state index in [-0.39, 0.29) is 12.6 Å². The molecule has 3 heteroatoms. The Labute approximate surface area is 93.9 Å². The van der Waals surface area contributed by atoms with Gasteiger partial charge in [-0.2, -0.15) is 0 Å². The van der Waals surface area contributed by atoms with Crippen molar-refractivity contribution >= 4 is 0 Å². The molecule has 90 valence electrons. The molecule has 0 saturated heterocycles. The van der Waals surface area contributed by atoms with Crippen LogP contribution in [0.3, 0.4) is 0 Å². The number of rotatable bonds is 9. The van der Waals surface area contributed by atoms with E-state index in [1.54, 1.807) is 0 Å². The predicted molar refractivity (Wildman–Crippen MR) is 64.0 cm³/mol. The van der Waals surface area contributed by atoms with Crippen LogP contribution in [-0.4, -0.2) is 48.8 Å². The lowest BCUT2D eigenvalue weighted by atomic mass is 10.2. The summed E-state index contributed by atoms with van der Waals surface area (Å²) in [7, 11) is 0. The molecule has 1 atom stereocenters. The van der Waals surface area contributed by atoms with Gasteiger partial charge in [0.2, 0.25) is 0 Å². The first-order valence-corrected chi connectivity index (χ1v) is 6.36. The third-order valence-electron chi connectivity index (χ3n) is 3.17. The standard InChI is InChI=1S/C12H26N2O/c1-3-13-12(10-15)7-8-14(4-2)9-11-5-6-11/h11-13,15H,3-10H2,1-2H3. The maximum Gasteiger partial charge on any atom is 0.0585 e. The number of hydrogen-bond acceptors (Lipinski definition) is 3. The summed E-state index contributed by atoms with van der Waals surface area (Å²) >= 11 is 0. The third-order valence-corrected chi connectivity index (χ3v) is 3.17. The topological polar surface area (TPSA) is 35.5 Å². The molecule has 1 aliphatic rings. The zero-order valence-corrected chi connectivity index (χ0v) is 10.2. The minimum atomic E-state index is 0.259. The highest BCUT2D eigenvalue weighted by molar-refractivity contribution is 4.77. The van der Waals surface area contributed by atoms with E-state index in [1.165, 1.54) is 19.4 Å². The Kier molecular flexibility index (Phi) is 6.22. The molecule has 1 rings (SSSR count). The maximum atomic E-state index is 9.16. The minimum Gasteiger partial charge on any atom is -0.395 e. The fraction of sp³-hybridized carbons (Fsp3) is 1.00. The molecule has 2 N–H and O–H groups in total. The van der Waals surface area contributed by atoms with Gasteiger partial charge in [-0.3, -0.25) is 0 Å². The monoisotopic (exact) mass is 214 g/mol. The van der Waals surface area contributed by atoms with Crippen LogP contribution in [0, 0.1) is 5.92 Å². The minimum absolute atomic E-state index is 0.259. The van der Waals surface area contributed by atoms with E-state index in [1.807, 2.05) is 0 Å². The van der Waals surface area contributed by atoms with Crippen molar-refractivity contribution < 1.29 is 5.11 Å². The molecule has 1 fully saturated rings. The van der Waals surface area contributed by atoms with Gasteiger partial charge in [-0.25, -0.2) is 0 Å². The Morgan fingerprint density at radius 3 is 2.60 bits per heavy atom. The highest BCUT2D eigenvalue weighted by Gasteiger charge is 2.23. The zero-order chi connectivity index (χ0) is 11.1. The molecule has 0 spiro atoms. The number of aliphatic hydroxyl groups excluding tert-OH is 1. The molecule has 15 heavy (non-hydrogen) atoms. The van der Waals surface area contributed by atoms with Gasteiger partial charge < -0.3 is 15.3 Å². The number of hydrogen-bond donors (Lipinski definition) is 2. The van der Waals surface area contributed by atoms with Crippen LogP contribution in [0.2, 0.25) is 0 Å². The van der Waals surface area contributed by atoms with Gasteiger partial charge in [0, 0.05) is 12.6 Å². The second kappa shape index (κ2) is 7.20. The smallest absolute Gasteiger partial charge is 0.0585 e. The van der Waals surface area contributed by atoms with Crippen molar-refractivity contribution in [3.05, 3.63) is 0 Å². The van der Waals surface area contributed by atoms with Crippen molar-refractivity contribution in [1.82, 2.24) is 10.2 Å². The van der Waals surface area contributed by atoms with Crippen molar-refractivity contribution in [2.75, 3.05) is 32.8 Å². The van der Waals surface area contributed by atoms with E-state index in [2.05, 4.69) is 24.1 Å². The number of likely N-dealkylation sites (N-methyl/N-ethyl adjacent to an activating group) is 1. The second-order valence-electron chi connectivity index (χ2n) is 4.56. The Bertz CT molecular complexity index is 160. The predicted octanol–water partition coefficient (Wildman–Crippen LogP) is 1.08. The van der Waals surface area contributed by atoms with Crippen molar-refractivity contribution in [1.29, 1.82) is 0 Å². The summed E-state index contributed by atoms with van der Waals surface area (Å²) in [4.78, 5) is 2.51. The molecule has 0 amide bonds. The van der Waals surface area contributed by atoms with E-state index in [0.29, 0.717) is 0 Å². The number of aliphatic hydroxyl groups is 1. The lowest BCUT2D eigenvalue weighted by molar-refractivity contribution is 0.207. The van der Waals surface area contributed by atoms with Gasteiger partial charge in [0.05, 0.1) is 6.61 Å². The van der Waals surface area contributed by atoms with E-state index in [4.69, 9.17) is 5.11 Å². The van der Waals surface area contributed by atoms with E-state index >= 15 is 0 Å². The molecular formula is C12H26N2O. The van der Waals surface area contributed by atoms with Crippen LogP contribution in [0.1, 0.15) is 33.1 Å². The van der Waals surface area contributed by atoms with E-state index < -0.39 is 0 Å². The molecule has 0 aliphatic heterocycles. The molecule has 1 aliphatic carbocycles. The summed E-state index contributed by atoms with van der Waals surface area (Å²) in [5.74, 6) is 0.969. The van der Waals surface area contributed by atoms with Gasteiger partial charge in [-0.15, -0.1) is 0 Å².